The number of amides is 2. The third-order valence-electron chi connectivity index (χ3n) is 5.71. The number of carbonyl (C=O) groups excluding carboxylic acids is 2. The first-order valence-corrected chi connectivity index (χ1v) is 12.2. The number of nitrogens with zero attached hydrogens (tertiary/aromatic N) is 2. The van der Waals surface area contributed by atoms with Crippen LogP contribution in [0.3, 0.4) is 0 Å². The van der Waals surface area contributed by atoms with E-state index < -0.39 is 15.8 Å². The first-order valence-electron chi connectivity index (χ1n) is 10.7. The molecule has 1 fully saturated rings. The predicted octanol–water partition coefficient (Wildman–Crippen LogP) is 3.35. The summed E-state index contributed by atoms with van der Waals surface area (Å²) in [6.45, 7) is 5.23. The van der Waals surface area contributed by atoms with Gasteiger partial charge in [0.2, 0.25) is 15.9 Å². The standard InChI is InChI=1S/C23H28FN3O4S/c1-3-27(4-2)32(30,31)21-11-9-20(10-12-21)25-22(28)17-13-15-26(16-14-17)23(29)18-5-7-19(24)8-6-18/h5-12,17H,3-4,13-16H2,1-2H3,(H,25,28). The lowest BCUT2D eigenvalue weighted by Crippen LogP contribution is -2.41. The molecule has 0 saturated carbocycles. The second-order valence-corrected chi connectivity index (χ2v) is 9.61. The van der Waals surface area contributed by atoms with Crippen LogP contribution in [0, 0.1) is 11.7 Å². The molecule has 172 valence electrons. The number of halogens is 1. The Morgan fingerprint density at radius 3 is 2.09 bits per heavy atom. The number of likely N-dealkylation sites (tertiary alicyclic amines) is 1. The summed E-state index contributed by atoms with van der Waals surface area (Å²) in [5.74, 6) is -0.964. The average Bonchev–Trinajstić information content (AvgIpc) is 2.80. The summed E-state index contributed by atoms with van der Waals surface area (Å²) in [5.41, 5.74) is 0.951. The maximum Gasteiger partial charge on any atom is 0.253 e. The zero-order valence-electron chi connectivity index (χ0n) is 18.3. The van der Waals surface area contributed by atoms with Gasteiger partial charge in [-0.1, -0.05) is 13.8 Å². The zero-order valence-corrected chi connectivity index (χ0v) is 19.1. The highest BCUT2D eigenvalue weighted by Crippen LogP contribution is 2.23. The molecule has 0 unspecified atom stereocenters. The van der Waals surface area contributed by atoms with E-state index in [1.807, 2.05) is 0 Å². The van der Waals surface area contributed by atoms with E-state index in [0.29, 0.717) is 50.3 Å². The van der Waals surface area contributed by atoms with Gasteiger partial charge < -0.3 is 10.2 Å². The predicted molar refractivity (Wildman–Crippen MR) is 120 cm³/mol. The van der Waals surface area contributed by atoms with Crippen molar-refractivity contribution in [2.45, 2.75) is 31.6 Å². The lowest BCUT2D eigenvalue weighted by Gasteiger charge is -2.31. The van der Waals surface area contributed by atoms with Crippen molar-refractivity contribution in [3.63, 3.8) is 0 Å². The molecule has 7 nitrogen and oxygen atoms in total. The van der Waals surface area contributed by atoms with Gasteiger partial charge in [-0.15, -0.1) is 0 Å². The zero-order chi connectivity index (χ0) is 23.3. The summed E-state index contributed by atoms with van der Waals surface area (Å²) in [6.07, 6.45) is 1.04. The van der Waals surface area contributed by atoms with Crippen LogP contribution in [0.25, 0.3) is 0 Å². The number of piperidine rings is 1. The Kier molecular flexibility index (Phi) is 7.63. The van der Waals surface area contributed by atoms with E-state index in [1.165, 1.54) is 40.7 Å². The van der Waals surface area contributed by atoms with Gasteiger partial charge >= 0.3 is 0 Å². The van der Waals surface area contributed by atoms with Crippen molar-refractivity contribution in [3.8, 4) is 0 Å². The number of anilines is 1. The SMILES string of the molecule is CCN(CC)S(=O)(=O)c1ccc(NC(=O)C2CCN(C(=O)c3ccc(F)cc3)CC2)cc1. The van der Waals surface area contributed by atoms with Crippen LogP contribution in [0.15, 0.2) is 53.4 Å². The van der Waals surface area contributed by atoms with E-state index >= 15 is 0 Å². The molecule has 0 radical (unpaired) electrons. The fourth-order valence-electron chi connectivity index (χ4n) is 3.79. The minimum absolute atomic E-state index is 0.154. The van der Waals surface area contributed by atoms with Crippen molar-refractivity contribution in [2.75, 3.05) is 31.5 Å². The molecule has 1 aliphatic rings. The molecule has 0 spiro atoms. The second-order valence-electron chi connectivity index (χ2n) is 7.68. The van der Waals surface area contributed by atoms with Gasteiger partial charge in [0.05, 0.1) is 4.90 Å². The number of hydrogen-bond acceptors (Lipinski definition) is 4. The maximum absolute atomic E-state index is 13.1. The van der Waals surface area contributed by atoms with Crippen LogP contribution in [0.1, 0.15) is 37.0 Å². The summed E-state index contributed by atoms with van der Waals surface area (Å²) in [7, 11) is -3.54. The molecule has 32 heavy (non-hydrogen) atoms. The van der Waals surface area contributed by atoms with Gasteiger partial charge in [-0.2, -0.15) is 4.31 Å². The number of carbonyl (C=O) groups is 2. The van der Waals surface area contributed by atoms with Crippen molar-refractivity contribution < 1.29 is 22.4 Å². The van der Waals surface area contributed by atoms with Gasteiger partial charge in [0.25, 0.3) is 5.91 Å². The third kappa shape index (κ3) is 5.34. The van der Waals surface area contributed by atoms with E-state index in [0.717, 1.165) is 0 Å². The summed E-state index contributed by atoms with van der Waals surface area (Å²) in [6, 6.07) is 11.6. The summed E-state index contributed by atoms with van der Waals surface area (Å²) < 4.78 is 39.6. The van der Waals surface area contributed by atoms with Crippen LogP contribution >= 0.6 is 0 Å². The molecule has 2 aromatic carbocycles. The van der Waals surface area contributed by atoms with Crippen molar-refractivity contribution in [1.29, 1.82) is 0 Å². The molecule has 1 aliphatic heterocycles. The van der Waals surface area contributed by atoms with E-state index in [9.17, 15) is 22.4 Å². The number of benzene rings is 2. The quantitative estimate of drug-likeness (QED) is 0.685. The van der Waals surface area contributed by atoms with Crippen LogP contribution in [-0.2, 0) is 14.8 Å². The van der Waals surface area contributed by atoms with Gasteiger partial charge in [-0.05, 0) is 61.4 Å². The first kappa shape index (κ1) is 23.9. The van der Waals surface area contributed by atoms with Gasteiger partial charge in [0.15, 0.2) is 0 Å². The van der Waals surface area contributed by atoms with E-state index in [2.05, 4.69) is 5.32 Å². The van der Waals surface area contributed by atoms with E-state index in [4.69, 9.17) is 0 Å². The highest BCUT2D eigenvalue weighted by atomic mass is 32.2. The lowest BCUT2D eigenvalue weighted by molar-refractivity contribution is -0.121. The summed E-state index contributed by atoms with van der Waals surface area (Å²) >= 11 is 0. The fourth-order valence-corrected chi connectivity index (χ4v) is 5.24. The van der Waals surface area contributed by atoms with Crippen molar-refractivity contribution in [1.82, 2.24) is 9.21 Å². The topological polar surface area (TPSA) is 86.8 Å². The molecule has 0 atom stereocenters. The summed E-state index contributed by atoms with van der Waals surface area (Å²) in [4.78, 5) is 27.0. The minimum atomic E-state index is -3.54. The highest BCUT2D eigenvalue weighted by Gasteiger charge is 2.28. The Hall–Kier alpha value is -2.78. The lowest BCUT2D eigenvalue weighted by atomic mass is 9.95. The summed E-state index contributed by atoms with van der Waals surface area (Å²) in [5, 5.41) is 2.84. The van der Waals surface area contributed by atoms with Crippen molar-refractivity contribution >= 4 is 27.5 Å². The molecule has 1 heterocycles. The van der Waals surface area contributed by atoms with Gasteiger partial charge in [-0.3, -0.25) is 9.59 Å². The largest absolute Gasteiger partial charge is 0.339 e. The number of hydrogen-bond donors (Lipinski definition) is 1. The van der Waals surface area contributed by atoms with Crippen LogP contribution in [-0.4, -0.2) is 55.6 Å². The van der Waals surface area contributed by atoms with E-state index in [1.54, 1.807) is 30.9 Å². The molecule has 0 aliphatic carbocycles. The maximum atomic E-state index is 13.1. The molecule has 0 bridgehead atoms. The Labute approximate surface area is 188 Å². The van der Waals surface area contributed by atoms with E-state index in [-0.39, 0.29) is 22.6 Å². The third-order valence-corrected chi connectivity index (χ3v) is 7.77. The number of rotatable bonds is 7. The first-order chi connectivity index (χ1) is 15.3. The molecule has 1 saturated heterocycles. The molecule has 9 heteroatoms. The fraction of sp³-hybridized carbons (Fsp3) is 0.391. The Morgan fingerprint density at radius 2 is 1.56 bits per heavy atom. The second kappa shape index (κ2) is 10.2. The number of nitrogens with one attached hydrogen (secondary N) is 1. The van der Waals surface area contributed by atoms with Gasteiger partial charge in [0.1, 0.15) is 5.82 Å². The van der Waals surface area contributed by atoms with Crippen LogP contribution in [0.4, 0.5) is 10.1 Å². The molecule has 3 rings (SSSR count). The molecule has 2 aromatic rings. The Bertz CT molecular complexity index is 1040. The van der Waals surface area contributed by atoms with Gasteiger partial charge in [0, 0.05) is 43.3 Å². The molecule has 0 aromatic heterocycles. The van der Waals surface area contributed by atoms with Crippen LogP contribution in [0.2, 0.25) is 0 Å². The molecular formula is C23H28FN3O4S. The Balaban J connectivity index is 1.56. The smallest absolute Gasteiger partial charge is 0.253 e. The highest BCUT2D eigenvalue weighted by molar-refractivity contribution is 7.89. The normalized spacial score (nSPS) is 15.1. The van der Waals surface area contributed by atoms with Crippen molar-refractivity contribution in [2.24, 2.45) is 5.92 Å². The Morgan fingerprint density at radius 1 is 1.00 bits per heavy atom. The molecule has 1 N–H and O–H groups in total. The van der Waals surface area contributed by atoms with Crippen LogP contribution < -0.4 is 5.32 Å². The van der Waals surface area contributed by atoms with Crippen LogP contribution in [0.5, 0.6) is 0 Å². The van der Waals surface area contributed by atoms with Crippen molar-refractivity contribution in [3.05, 3.63) is 59.9 Å². The monoisotopic (exact) mass is 461 g/mol. The van der Waals surface area contributed by atoms with Gasteiger partial charge in [-0.25, -0.2) is 12.8 Å². The molecule has 2 amide bonds. The molecular weight excluding hydrogens is 433 g/mol. The number of sulfonamides is 1. The average molecular weight is 462 g/mol. The minimum Gasteiger partial charge on any atom is -0.339 e.